The largest absolute Gasteiger partial charge is 0.435 e. The predicted octanol–water partition coefficient (Wildman–Crippen LogP) is 4.85. The number of hydrogen-bond acceptors (Lipinski definition) is 5. The Hall–Kier alpha value is -2.58. The van der Waals surface area contributed by atoms with Gasteiger partial charge in [0.15, 0.2) is 0 Å². The van der Waals surface area contributed by atoms with Crippen molar-refractivity contribution in [2.75, 3.05) is 6.54 Å². The van der Waals surface area contributed by atoms with Crippen LogP contribution in [0, 0.1) is 0 Å². The summed E-state index contributed by atoms with van der Waals surface area (Å²) >= 11 is 3.12. The summed E-state index contributed by atoms with van der Waals surface area (Å²) in [5.74, 6) is 0.112. The van der Waals surface area contributed by atoms with Gasteiger partial charge in [-0.1, -0.05) is 12.1 Å². The topological polar surface area (TPSA) is 38.9 Å². The minimum atomic E-state index is -2.83. The van der Waals surface area contributed by atoms with Crippen LogP contribution >= 0.6 is 22.7 Å². The van der Waals surface area contributed by atoms with Crippen LogP contribution < -0.4 is 9.54 Å². The van der Waals surface area contributed by atoms with Crippen molar-refractivity contribution in [3.05, 3.63) is 70.2 Å². The van der Waals surface area contributed by atoms with E-state index in [2.05, 4.69) is 21.4 Å². The third kappa shape index (κ3) is 4.53. The Kier molecular flexibility index (Phi) is 6.08. The summed E-state index contributed by atoms with van der Waals surface area (Å²) in [5.41, 5.74) is 1.71. The van der Waals surface area contributed by atoms with Gasteiger partial charge in [-0.3, -0.25) is 4.99 Å². The fourth-order valence-electron chi connectivity index (χ4n) is 2.12. The lowest BCUT2D eigenvalue weighted by atomic mass is 10.2. The summed E-state index contributed by atoms with van der Waals surface area (Å²) in [6, 6.07) is 10.3. The number of alkyl halides is 2. The van der Waals surface area contributed by atoms with Crippen molar-refractivity contribution in [2.24, 2.45) is 10.1 Å². The minimum Gasteiger partial charge on any atom is -0.435 e. The van der Waals surface area contributed by atoms with Gasteiger partial charge in [-0.15, -0.1) is 29.3 Å². The first kappa shape index (κ1) is 18.2. The first-order valence-electron chi connectivity index (χ1n) is 7.62. The lowest BCUT2D eigenvalue weighted by molar-refractivity contribution is -0.0498. The summed E-state index contributed by atoms with van der Waals surface area (Å²) in [4.78, 5) is 6.30. The number of thiazole rings is 1. The van der Waals surface area contributed by atoms with Gasteiger partial charge in [0.05, 0.1) is 23.3 Å². The van der Waals surface area contributed by atoms with Gasteiger partial charge in [0.1, 0.15) is 5.75 Å². The quantitative estimate of drug-likeness (QED) is 0.419. The van der Waals surface area contributed by atoms with Crippen molar-refractivity contribution in [1.29, 1.82) is 0 Å². The molecule has 3 aromatic rings. The van der Waals surface area contributed by atoms with Crippen LogP contribution in [0.25, 0.3) is 10.6 Å². The van der Waals surface area contributed by atoms with E-state index in [9.17, 15) is 8.78 Å². The molecule has 0 fully saturated rings. The number of nitrogens with zero attached hydrogens (tertiary/aromatic N) is 3. The van der Waals surface area contributed by atoms with Crippen LogP contribution in [0.1, 0.15) is 5.56 Å². The zero-order valence-electron chi connectivity index (χ0n) is 13.6. The van der Waals surface area contributed by atoms with Crippen molar-refractivity contribution in [3.63, 3.8) is 0 Å². The molecule has 0 spiro atoms. The molecule has 0 atom stereocenters. The van der Waals surface area contributed by atoms with Gasteiger partial charge >= 0.3 is 6.61 Å². The molecular formula is C18H15F2N3OS2. The van der Waals surface area contributed by atoms with Gasteiger partial charge in [-0.25, -0.2) is 4.68 Å². The molecule has 2 heterocycles. The number of hydrogen-bond donors (Lipinski definition) is 0. The Morgan fingerprint density at radius 1 is 1.19 bits per heavy atom. The standard InChI is InChI=1S/C18H15F2N3OS2/c1-2-9-21-18-23(15(12-26-18)16-4-3-10-25-16)22-11-13-5-7-14(8-6-13)24-17(19)20/h2-8,10-12,17H,1,9H2/b21-18?,22-11+. The lowest BCUT2D eigenvalue weighted by Crippen LogP contribution is -2.12. The summed E-state index contributed by atoms with van der Waals surface area (Å²) in [7, 11) is 0. The maximum absolute atomic E-state index is 12.2. The maximum atomic E-state index is 12.2. The molecule has 134 valence electrons. The van der Waals surface area contributed by atoms with Gasteiger partial charge in [0.2, 0.25) is 4.80 Å². The number of rotatable bonds is 7. The van der Waals surface area contributed by atoms with Crippen molar-refractivity contribution >= 4 is 28.9 Å². The molecule has 0 saturated carbocycles. The summed E-state index contributed by atoms with van der Waals surface area (Å²) in [5, 5.41) is 8.54. The van der Waals surface area contributed by atoms with Gasteiger partial charge in [0, 0.05) is 5.38 Å². The highest BCUT2D eigenvalue weighted by molar-refractivity contribution is 7.14. The van der Waals surface area contributed by atoms with E-state index in [0.717, 1.165) is 20.9 Å². The highest BCUT2D eigenvalue weighted by Gasteiger charge is 2.08. The van der Waals surface area contributed by atoms with Crippen LogP contribution in [0.3, 0.4) is 0 Å². The van der Waals surface area contributed by atoms with E-state index in [-0.39, 0.29) is 5.75 Å². The maximum Gasteiger partial charge on any atom is 0.387 e. The molecule has 0 aliphatic carbocycles. The average molecular weight is 391 g/mol. The molecule has 2 aromatic heterocycles. The first-order valence-corrected chi connectivity index (χ1v) is 9.38. The summed E-state index contributed by atoms with van der Waals surface area (Å²) in [6.07, 6.45) is 3.38. The second-order valence-electron chi connectivity index (χ2n) is 5.01. The van der Waals surface area contributed by atoms with Gasteiger partial charge in [0.25, 0.3) is 0 Å². The highest BCUT2D eigenvalue weighted by atomic mass is 32.1. The van der Waals surface area contributed by atoms with E-state index >= 15 is 0 Å². The normalized spacial score (nSPS) is 12.2. The molecule has 0 radical (unpaired) electrons. The lowest BCUT2D eigenvalue weighted by Gasteiger charge is -2.04. The van der Waals surface area contributed by atoms with Crippen LogP contribution in [-0.4, -0.2) is 24.0 Å². The molecule has 26 heavy (non-hydrogen) atoms. The second kappa shape index (κ2) is 8.68. The van der Waals surface area contributed by atoms with Gasteiger partial charge in [-0.05, 0) is 41.3 Å². The Balaban J connectivity index is 1.91. The highest BCUT2D eigenvalue weighted by Crippen LogP contribution is 2.25. The molecule has 3 rings (SSSR count). The van der Waals surface area contributed by atoms with E-state index in [1.165, 1.54) is 23.5 Å². The Morgan fingerprint density at radius 3 is 2.65 bits per heavy atom. The van der Waals surface area contributed by atoms with Gasteiger partial charge < -0.3 is 4.74 Å². The number of halogens is 2. The number of thiophene rings is 1. The van der Waals surface area contributed by atoms with E-state index in [0.29, 0.717) is 6.54 Å². The summed E-state index contributed by atoms with van der Waals surface area (Å²) in [6.45, 7) is 1.35. The van der Waals surface area contributed by atoms with Gasteiger partial charge in [-0.2, -0.15) is 13.9 Å². The molecule has 0 N–H and O–H groups in total. The second-order valence-corrected chi connectivity index (χ2v) is 6.80. The molecule has 1 aromatic carbocycles. The van der Waals surface area contributed by atoms with Crippen molar-refractivity contribution in [1.82, 2.24) is 4.68 Å². The predicted molar refractivity (Wildman–Crippen MR) is 102 cm³/mol. The van der Waals surface area contributed by atoms with E-state index < -0.39 is 6.61 Å². The molecule has 0 bridgehead atoms. The van der Waals surface area contributed by atoms with E-state index in [1.54, 1.807) is 40.4 Å². The zero-order valence-corrected chi connectivity index (χ0v) is 15.2. The molecule has 0 aliphatic rings. The molecule has 0 unspecified atom stereocenters. The summed E-state index contributed by atoms with van der Waals surface area (Å²) < 4.78 is 30.5. The van der Waals surface area contributed by atoms with Crippen LogP contribution in [0.15, 0.2) is 69.9 Å². The Labute approximate surface area is 157 Å². The molecule has 0 aliphatic heterocycles. The monoisotopic (exact) mass is 391 g/mol. The molecule has 0 amide bonds. The number of aromatic nitrogens is 1. The van der Waals surface area contributed by atoms with Crippen LogP contribution in [0.2, 0.25) is 0 Å². The molecule has 4 nitrogen and oxygen atoms in total. The number of ether oxygens (including phenoxy) is 1. The van der Waals surface area contributed by atoms with E-state index in [1.807, 2.05) is 22.9 Å². The van der Waals surface area contributed by atoms with Crippen molar-refractivity contribution < 1.29 is 13.5 Å². The van der Waals surface area contributed by atoms with Crippen LogP contribution in [-0.2, 0) is 0 Å². The Morgan fingerprint density at radius 2 is 2.00 bits per heavy atom. The number of benzene rings is 1. The van der Waals surface area contributed by atoms with Crippen LogP contribution in [0.5, 0.6) is 5.75 Å². The molecule has 0 saturated heterocycles. The fraction of sp³-hybridized carbons (Fsp3) is 0.111. The molecule has 8 heteroatoms. The minimum absolute atomic E-state index is 0.112. The zero-order chi connectivity index (χ0) is 18.4. The van der Waals surface area contributed by atoms with Crippen LogP contribution in [0.4, 0.5) is 8.78 Å². The van der Waals surface area contributed by atoms with Crippen molar-refractivity contribution in [2.45, 2.75) is 6.61 Å². The third-order valence-electron chi connectivity index (χ3n) is 3.24. The SMILES string of the molecule is C=CCN=c1scc(-c2cccs2)n1/N=C/c1ccc(OC(F)F)cc1. The van der Waals surface area contributed by atoms with Crippen molar-refractivity contribution in [3.8, 4) is 16.3 Å². The smallest absolute Gasteiger partial charge is 0.387 e. The fourth-order valence-corrected chi connectivity index (χ4v) is 3.76. The third-order valence-corrected chi connectivity index (χ3v) is 4.99. The first-order chi connectivity index (χ1) is 12.7. The molecular weight excluding hydrogens is 376 g/mol. The van der Waals surface area contributed by atoms with E-state index in [4.69, 9.17) is 0 Å². The average Bonchev–Trinajstić information content (AvgIpc) is 3.28. The Bertz CT molecular complexity index is 942.